The van der Waals surface area contributed by atoms with Gasteiger partial charge in [-0.1, -0.05) is 41.9 Å². The van der Waals surface area contributed by atoms with Crippen LogP contribution in [0.15, 0.2) is 102 Å². The number of hydrazone groups is 1. The van der Waals surface area contributed by atoms with Gasteiger partial charge in [-0.15, -0.1) is 0 Å². The summed E-state index contributed by atoms with van der Waals surface area (Å²) in [5.41, 5.74) is 4.25. The average molecular weight is 608 g/mol. The van der Waals surface area contributed by atoms with Gasteiger partial charge in [0.15, 0.2) is 11.5 Å². The van der Waals surface area contributed by atoms with Crippen molar-refractivity contribution in [1.29, 1.82) is 0 Å². The third kappa shape index (κ3) is 8.98. The lowest BCUT2D eigenvalue weighted by atomic mass is 10.2. The van der Waals surface area contributed by atoms with E-state index in [4.69, 9.17) is 25.8 Å². The van der Waals surface area contributed by atoms with Crippen LogP contribution in [0.5, 0.6) is 23.0 Å². The number of para-hydroxylation sites is 1. The maximum atomic E-state index is 12.6. The summed E-state index contributed by atoms with van der Waals surface area (Å²) in [5, 5.41) is 4.61. The van der Waals surface area contributed by atoms with Gasteiger partial charge in [0.2, 0.25) is 10.0 Å². The molecule has 0 aliphatic rings. The van der Waals surface area contributed by atoms with Crippen LogP contribution in [0.25, 0.3) is 0 Å². The van der Waals surface area contributed by atoms with E-state index in [2.05, 4.69) is 10.5 Å². The molecule has 0 aromatic heterocycles. The highest BCUT2D eigenvalue weighted by Crippen LogP contribution is 2.29. The average Bonchev–Trinajstić information content (AvgIpc) is 2.96. The Balaban J connectivity index is 1.37. The van der Waals surface area contributed by atoms with Crippen LogP contribution in [0.1, 0.15) is 18.1 Å². The molecule has 218 valence electrons. The molecule has 4 aromatic rings. The molecular formula is C31H30ClN3O6S. The lowest BCUT2D eigenvalue weighted by Crippen LogP contribution is -2.39. The van der Waals surface area contributed by atoms with Crippen molar-refractivity contribution >= 4 is 39.4 Å². The molecule has 42 heavy (non-hydrogen) atoms. The molecule has 0 aliphatic carbocycles. The molecule has 0 saturated carbocycles. The van der Waals surface area contributed by atoms with E-state index >= 15 is 0 Å². The van der Waals surface area contributed by atoms with E-state index in [-0.39, 0.29) is 0 Å². The van der Waals surface area contributed by atoms with Crippen LogP contribution in [0.4, 0.5) is 5.69 Å². The van der Waals surface area contributed by atoms with Gasteiger partial charge in [0.1, 0.15) is 24.7 Å². The number of carbonyl (C=O) groups is 1. The van der Waals surface area contributed by atoms with Gasteiger partial charge in [-0.05, 0) is 84.8 Å². The summed E-state index contributed by atoms with van der Waals surface area (Å²) in [6.45, 7) is 2.13. The monoisotopic (exact) mass is 607 g/mol. The molecule has 1 amide bonds. The zero-order valence-electron chi connectivity index (χ0n) is 23.1. The number of nitrogens with zero attached hydrogens (tertiary/aromatic N) is 2. The number of amides is 1. The number of ether oxygens (including phenoxy) is 3. The molecule has 0 unspecified atom stereocenters. The first kappa shape index (κ1) is 30.4. The van der Waals surface area contributed by atoms with E-state index in [1.807, 2.05) is 55.5 Å². The third-order valence-electron chi connectivity index (χ3n) is 5.75. The number of halogens is 1. The maximum absolute atomic E-state index is 12.6. The Kier molecular flexibility index (Phi) is 10.4. The van der Waals surface area contributed by atoms with Crippen LogP contribution in [0.3, 0.4) is 0 Å². The Hall–Kier alpha value is -4.54. The summed E-state index contributed by atoms with van der Waals surface area (Å²) in [6.07, 6.45) is 2.46. The topological polar surface area (TPSA) is 107 Å². The summed E-state index contributed by atoms with van der Waals surface area (Å²) in [4.78, 5) is 12.6. The quantitative estimate of drug-likeness (QED) is 0.147. The van der Waals surface area contributed by atoms with E-state index in [0.717, 1.165) is 16.1 Å². The Morgan fingerprint density at radius 1 is 0.905 bits per heavy atom. The lowest BCUT2D eigenvalue weighted by molar-refractivity contribution is -0.119. The van der Waals surface area contributed by atoms with E-state index < -0.39 is 22.5 Å². The molecule has 0 aliphatic heterocycles. The van der Waals surface area contributed by atoms with Gasteiger partial charge < -0.3 is 14.2 Å². The van der Waals surface area contributed by atoms with Crippen LogP contribution in [0.2, 0.25) is 5.02 Å². The van der Waals surface area contributed by atoms with Crippen LogP contribution in [-0.2, 0) is 21.4 Å². The van der Waals surface area contributed by atoms with Crippen LogP contribution in [0, 0.1) is 0 Å². The van der Waals surface area contributed by atoms with Crippen molar-refractivity contribution in [2.75, 3.05) is 23.7 Å². The number of carbonyl (C=O) groups excluding carboxylic acids is 1. The summed E-state index contributed by atoms with van der Waals surface area (Å²) in [5.74, 6) is 1.61. The van der Waals surface area contributed by atoms with Gasteiger partial charge in [0.05, 0.1) is 24.8 Å². The largest absolute Gasteiger partial charge is 0.490 e. The highest BCUT2D eigenvalue weighted by molar-refractivity contribution is 7.92. The van der Waals surface area contributed by atoms with Gasteiger partial charge in [-0.2, -0.15) is 5.10 Å². The fourth-order valence-electron chi connectivity index (χ4n) is 3.83. The number of benzene rings is 4. The molecule has 4 rings (SSSR count). The Morgan fingerprint density at radius 3 is 2.33 bits per heavy atom. The second kappa shape index (κ2) is 14.4. The van der Waals surface area contributed by atoms with Crippen molar-refractivity contribution in [2.45, 2.75) is 13.5 Å². The first-order chi connectivity index (χ1) is 20.2. The molecule has 1 N–H and O–H groups in total. The number of anilines is 1. The molecule has 11 heteroatoms. The Morgan fingerprint density at radius 2 is 1.64 bits per heavy atom. The van der Waals surface area contributed by atoms with Crippen molar-refractivity contribution < 1.29 is 27.4 Å². The van der Waals surface area contributed by atoms with Crippen molar-refractivity contribution in [1.82, 2.24) is 5.43 Å². The maximum Gasteiger partial charge on any atom is 0.260 e. The fourth-order valence-corrected chi connectivity index (χ4v) is 4.90. The Labute approximate surface area is 250 Å². The normalized spacial score (nSPS) is 11.2. The third-order valence-corrected chi connectivity index (χ3v) is 7.12. The second-order valence-electron chi connectivity index (χ2n) is 9.03. The molecule has 0 saturated heterocycles. The molecule has 0 fully saturated rings. The Bertz CT molecular complexity index is 1630. The van der Waals surface area contributed by atoms with E-state index in [1.165, 1.54) is 6.21 Å². The number of nitrogens with one attached hydrogen (secondary N) is 1. The molecule has 0 spiro atoms. The molecule has 0 radical (unpaired) electrons. The molecule has 0 bridgehead atoms. The van der Waals surface area contributed by atoms with Crippen molar-refractivity contribution in [3.8, 4) is 23.0 Å². The van der Waals surface area contributed by atoms with Gasteiger partial charge in [0, 0.05) is 5.02 Å². The fraction of sp³-hybridized carbons (Fsp3) is 0.161. The number of hydrogen-bond donors (Lipinski definition) is 1. The van der Waals surface area contributed by atoms with E-state index in [9.17, 15) is 13.2 Å². The van der Waals surface area contributed by atoms with Crippen molar-refractivity contribution in [3.63, 3.8) is 0 Å². The second-order valence-corrected chi connectivity index (χ2v) is 11.4. The van der Waals surface area contributed by atoms with Gasteiger partial charge in [-0.3, -0.25) is 9.10 Å². The summed E-state index contributed by atoms with van der Waals surface area (Å²) in [7, 11) is -3.76. The van der Waals surface area contributed by atoms with Crippen LogP contribution >= 0.6 is 11.6 Å². The lowest BCUT2D eigenvalue weighted by Gasteiger charge is -2.21. The highest BCUT2D eigenvalue weighted by Gasteiger charge is 2.21. The predicted molar refractivity (Wildman–Crippen MR) is 164 cm³/mol. The number of sulfonamides is 1. The minimum atomic E-state index is -3.76. The minimum Gasteiger partial charge on any atom is -0.490 e. The zero-order valence-corrected chi connectivity index (χ0v) is 24.6. The minimum absolute atomic E-state index is 0.309. The molecule has 0 heterocycles. The summed E-state index contributed by atoms with van der Waals surface area (Å²) >= 11 is 6.05. The first-order valence-corrected chi connectivity index (χ1v) is 15.2. The predicted octanol–water partition coefficient (Wildman–Crippen LogP) is 6.03. The number of hydrogen-bond acceptors (Lipinski definition) is 7. The first-order valence-electron chi connectivity index (χ1n) is 13.0. The van der Waals surface area contributed by atoms with Crippen molar-refractivity contribution in [3.05, 3.63) is 113 Å². The van der Waals surface area contributed by atoms with E-state index in [1.54, 1.807) is 48.5 Å². The van der Waals surface area contributed by atoms with E-state index in [0.29, 0.717) is 52.5 Å². The summed E-state index contributed by atoms with van der Waals surface area (Å²) in [6, 6.07) is 28.2. The molecule has 9 nitrogen and oxygen atoms in total. The highest BCUT2D eigenvalue weighted by atomic mass is 35.5. The van der Waals surface area contributed by atoms with Crippen LogP contribution < -0.4 is 23.9 Å². The standard InChI is InChI=1S/C31H30ClN3O6S/c1-3-39-30-19-23(12-17-29(30)40-22-24-8-7-9-25(32)18-24)20-33-34-31(36)21-35(42(2,37)38)26-13-15-28(16-14-26)41-27-10-5-4-6-11-27/h4-20H,3,21-22H2,1-2H3,(H,34,36)/b33-20-. The molecule has 0 atom stereocenters. The number of rotatable bonds is 13. The van der Waals surface area contributed by atoms with Gasteiger partial charge in [0.25, 0.3) is 5.91 Å². The van der Waals surface area contributed by atoms with Gasteiger partial charge >= 0.3 is 0 Å². The van der Waals surface area contributed by atoms with Crippen LogP contribution in [-0.4, -0.2) is 39.9 Å². The molecule has 4 aromatic carbocycles. The SMILES string of the molecule is CCOc1cc(/C=N\NC(=O)CN(c2ccc(Oc3ccccc3)cc2)S(C)(=O)=O)ccc1OCc1cccc(Cl)c1. The molecular weight excluding hydrogens is 578 g/mol. The zero-order chi connectivity index (χ0) is 30.0. The smallest absolute Gasteiger partial charge is 0.260 e. The van der Waals surface area contributed by atoms with Crippen molar-refractivity contribution in [2.24, 2.45) is 5.10 Å². The van der Waals surface area contributed by atoms with Gasteiger partial charge in [-0.25, -0.2) is 13.8 Å². The summed E-state index contributed by atoms with van der Waals surface area (Å²) < 4.78 is 43.3.